The van der Waals surface area contributed by atoms with Crippen LogP contribution in [0.3, 0.4) is 0 Å². The monoisotopic (exact) mass is 348 g/mol. The number of carbonyl (C=O) groups is 1. The second-order valence-electron chi connectivity index (χ2n) is 5.10. The molecule has 0 bridgehead atoms. The fourth-order valence-electron chi connectivity index (χ4n) is 2.75. The summed E-state index contributed by atoms with van der Waals surface area (Å²) in [7, 11) is 0. The predicted octanol–water partition coefficient (Wildman–Crippen LogP) is 0.386. The Hall–Kier alpha value is -0.920. The van der Waals surface area contributed by atoms with Gasteiger partial charge in [0.2, 0.25) is 0 Å². The number of amides is 1. The van der Waals surface area contributed by atoms with E-state index in [4.69, 9.17) is 4.74 Å². The molecule has 2 aliphatic rings. The first-order chi connectivity index (χ1) is 9.86. The number of hydrogen-bond acceptors (Lipinski definition) is 5. The molecule has 22 heavy (non-hydrogen) atoms. The Bertz CT molecular complexity index is 457. The Balaban J connectivity index is 0.00000121. The highest BCUT2D eigenvalue weighted by Gasteiger charge is 2.33. The molecule has 0 radical (unpaired) electrons. The van der Waals surface area contributed by atoms with Gasteiger partial charge < -0.3 is 20.3 Å². The Labute approximate surface area is 142 Å². The number of morpholine rings is 1. The largest absolute Gasteiger partial charge is 0.366 e. The summed E-state index contributed by atoms with van der Waals surface area (Å²) in [4.78, 5) is 18.7. The second-order valence-corrected chi connectivity index (χ2v) is 5.10. The van der Waals surface area contributed by atoms with Crippen LogP contribution in [0.15, 0.2) is 24.5 Å². The Kier molecular flexibility index (Phi) is 8.06. The molecule has 2 N–H and O–H groups in total. The third-order valence-electron chi connectivity index (χ3n) is 3.80. The van der Waals surface area contributed by atoms with Crippen molar-refractivity contribution in [3.63, 3.8) is 0 Å². The lowest BCUT2D eigenvalue weighted by molar-refractivity contribution is -0.148. The molecular weight excluding hydrogens is 327 g/mol. The van der Waals surface area contributed by atoms with Crippen LogP contribution in [-0.4, -0.2) is 61.2 Å². The van der Waals surface area contributed by atoms with E-state index < -0.39 is 0 Å². The van der Waals surface area contributed by atoms with Gasteiger partial charge in [-0.25, -0.2) is 0 Å². The van der Waals surface area contributed by atoms with Gasteiger partial charge >= 0.3 is 0 Å². The van der Waals surface area contributed by atoms with E-state index in [0.29, 0.717) is 19.7 Å². The molecule has 2 atom stereocenters. The highest BCUT2D eigenvalue weighted by Crippen LogP contribution is 2.22. The van der Waals surface area contributed by atoms with E-state index in [1.165, 1.54) is 0 Å². The van der Waals surface area contributed by atoms with E-state index in [1.807, 2.05) is 23.2 Å². The van der Waals surface area contributed by atoms with Crippen molar-refractivity contribution in [2.75, 3.05) is 39.3 Å². The number of piperazine rings is 1. The molecule has 124 valence electrons. The molecule has 0 spiro atoms. The molecule has 2 fully saturated rings. The van der Waals surface area contributed by atoms with Crippen molar-refractivity contribution in [2.24, 2.45) is 0 Å². The average Bonchev–Trinajstić information content (AvgIpc) is 2.56. The summed E-state index contributed by atoms with van der Waals surface area (Å²) in [6.45, 7) is 4.30. The van der Waals surface area contributed by atoms with Crippen LogP contribution in [0.2, 0.25) is 0 Å². The van der Waals surface area contributed by atoms with Crippen LogP contribution in [-0.2, 0) is 9.53 Å². The first kappa shape index (κ1) is 19.1. The zero-order valence-corrected chi connectivity index (χ0v) is 13.9. The molecule has 3 rings (SSSR count). The van der Waals surface area contributed by atoms with Crippen molar-refractivity contribution in [1.29, 1.82) is 0 Å². The topological polar surface area (TPSA) is 66.5 Å². The lowest BCUT2D eigenvalue weighted by Crippen LogP contribution is -2.55. The summed E-state index contributed by atoms with van der Waals surface area (Å²) in [5, 5.41) is 6.55. The number of carbonyl (C=O) groups excluding carboxylic acids is 1. The molecule has 3 heterocycles. The summed E-state index contributed by atoms with van der Waals surface area (Å²) in [6.07, 6.45) is 3.22. The van der Waals surface area contributed by atoms with Gasteiger partial charge in [0.15, 0.2) is 0 Å². The minimum absolute atomic E-state index is 0. The molecule has 0 aromatic carbocycles. The van der Waals surface area contributed by atoms with Crippen molar-refractivity contribution < 1.29 is 9.53 Å². The van der Waals surface area contributed by atoms with E-state index in [1.54, 1.807) is 6.20 Å². The van der Waals surface area contributed by atoms with Crippen molar-refractivity contribution >= 4 is 30.7 Å². The Morgan fingerprint density at radius 1 is 1.27 bits per heavy atom. The van der Waals surface area contributed by atoms with E-state index in [-0.39, 0.29) is 42.9 Å². The zero-order valence-electron chi connectivity index (χ0n) is 12.2. The van der Waals surface area contributed by atoms with Crippen molar-refractivity contribution in [1.82, 2.24) is 20.5 Å². The SMILES string of the molecule is Cl.Cl.O=C([C@H]1CNCCO1)N1CCNCC1c1cccnc1. The molecule has 1 aromatic rings. The Morgan fingerprint density at radius 3 is 2.77 bits per heavy atom. The van der Waals surface area contributed by atoms with Crippen molar-refractivity contribution in [2.45, 2.75) is 12.1 Å². The van der Waals surface area contributed by atoms with Gasteiger partial charge in [-0.05, 0) is 11.6 Å². The van der Waals surface area contributed by atoms with E-state index in [9.17, 15) is 4.79 Å². The molecule has 1 aromatic heterocycles. The highest BCUT2D eigenvalue weighted by molar-refractivity contribution is 5.85. The van der Waals surface area contributed by atoms with Gasteiger partial charge in [0.05, 0.1) is 12.6 Å². The van der Waals surface area contributed by atoms with Crippen molar-refractivity contribution in [3.05, 3.63) is 30.1 Å². The highest BCUT2D eigenvalue weighted by atomic mass is 35.5. The minimum atomic E-state index is -0.360. The van der Waals surface area contributed by atoms with Crippen LogP contribution in [0.5, 0.6) is 0 Å². The van der Waals surface area contributed by atoms with Gasteiger partial charge in [0.25, 0.3) is 5.91 Å². The minimum Gasteiger partial charge on any atom is -0.366 e. The molecule has 0 saturated carbocycles. The van der Waals surface area contributed by atoms with Crippen LogP contribution in [0, 0.1) is 0 Å². The maximum Gasteiger partial charge on any atom is 0.253 e. The summed E-state index contributed by atoms with van der Waals surface area (Å²) < 4.78 is 5.59. The number of pyridine rings is 1. The van der Waals surface area contributed by atoms with Crippen molar-refractivity contribution in [3.8, 4) is 0 Å². The van der Waals surface area contributed by atoms with Gasteiger partial charge in [-0.3, -0.25) is 9.78 Å². The van der Waals surface area contributed by atoms with Crippen LogP contribution < -0.4 is 10.6 Å². The van der Waals surface area contributed by atoms with Gasteiger partial charge in [0.1, 0.15) is 6.10 Å². The first-order valence-corrected chi connectivity index (χ1v) is 7.10. The quantitative estimate of drug-likeness (QED) is 0.809. The Morgan fingerprint density at radius 2 is 2.09 bits per heavy atom. The fourth-order valence-corrected chi connectivity index (χ4v) is 2.75. The number of hydrogen-bond donors (Lipinski definition) is 2. The summed E-state index contributed by atoms with van der Waals surface area (Å²) in [5.74, 6) is 0.0764. The van der Waals surface area contributed by atoms with Crippen LogP contribution >= 0.6 is 24.8 Å². The third-order valence-corrected chi connectivity index (χ3v) is 3.80. The molecule has 0 aliphatic carbocycles. The summed E-state index contributed by atoms with van der Waals surface area (Å²) in [6, 6.07) is 3.96. The van der Waals surface area contributed by atoms with Crippen LogP contribution in [0.25, 0.3) is 0 Å². The molecule has 1 unspecified atom stereocenters. The van der Waals surface area contributed by atoms with Crippen LogP contribution in [0.4, 0.5) is 0 Å². The van der Waals surface area contributed by atoms with E-state index in [2.05, 4.69) is 15.6 Å². The maximum absolute atomic E-state index is 12.6. The van der Waals surface area contributed by atoms with E-state index >= 15 is 0 Å². The number of nitrogens with one attached hydrogen (secondary N) is 2. The number of aromatic nitrogens is 1. The van der Waals surface area contributed by atoms with Gasteiger partial charge in [-0.1, -0.05) is 6.07 Å². The summed E-state index contributed by atoms with van der Waals surface area (Å²) in [5.41, 5.74) is 1.07. The summed E-state index contributed by atoms with van der Waals surface area (Å²) >= 11 is 0. The molecular formula is C14H22Cl2N4O2. The number of halogens is 2. The fraction of sp³-hybridized carbons (Fsp3) is 0.571. The second kappa shape index (κ2) is 9.27. The lowest BCUT2D eigenvalue weighted by Gasteiger charge is -2.39. The molecule has 2 aliphatic heterocycles. The molecule has 6 nitrogen and oxygen atoms in total. The van der Waals surface area contributed by atoms with Gasteiger partial charge in [-0.2, -0.15) is 0 Å². The predicted molar refractivity (Wildman–Crippen MR) is 88.7 cm³/mol. The average molecular weight is 349 g/mol. The smallest absolute Gasteiger partial charge is 0.253 e. The normalized spacial score (nSPS) is 24.8. The standard InChI is InChI=1S/C14H20N4O2.2ClH/c19-14(13-10-17-5-7-20-13)18-6-4-16-9-12(18)11-2-1-3-15-8-11;;/h1-3,8,12-13,16-17H,4-7,9-10H2;2*1H/t12?,13-;;/m1../s1. The van der Waals surface area contributed by atoms with Crippen LogP contribution in [0.1, 0.15) is 11.6 Å². The molecule has 8 heteroatoms. The third kappa shape index (κ3) is 4.30. The number of nitrogens with zero attached hydrogens (tertiary/aromatic N) is 2. The zero-order chi connectivity index (χ0) is 13.8. The van der Waals surface area contributed by atoms with E-state index in [0.717, 1.165) is 25.2 Å². The molecule has 1 amide bonds. The number of ether oxygens (including phenoxy) is 1. The lowest BCUT2D eigenvalue weighted by atomic mass is 10.0. The van der Waals surface area contributed by atoms with Gasteiger partial charge in [0, 0.05) is 45.1 Å². The number of rotatable bonds is 2. The molecule has 2 saturated heterocycles. The first-order valence-electron chi connectivity index (χ1n) is 7.10. The van der Waals surface area contributed by atoms with Gasteiger partial charge in [-0.15, -0.1) is 24.8 Å². The maximum atomic E-state index is 12.6.